The lowest BCUT2D eigenvalue weighted by Gasteiger charge is -2.10. The minimum absolute atomic E-state index is 0.356. The molecule has 1 aromatic heterocycles. The van der Waals surface area contributed by atoms with Gasteiger partial charge < -0.3 is 15.0 Å². The molecule has 5 heteroatoms. The first-order valence-corrected chi connectivity index (χ1v) is 4.71. The Morgan fingerprint density at radius 3 is 2.81 bits per heavy atom. The molecule has 16 heavy (non-hydrogen) atoms. The number of nitrogens with zero attached hydrogens (tertiary/aromatic N) is 1. The van der Waals surface area contributed by atoms with Crippen molar-refractivity contribution in [3.63, 3.8) is 0 Å². The van der Waals surface area contributed by atoms with E-state index in [0.717, 1.165) is 0 Å². The number of ether oxygens (including phenoxy) is 1. The molecule has 4 nitrogen and oxygen atoms in total. The Balaban J connectivity index is 2.34. The molecule has 0 radical (unpaired) electrons. The molecule has 1 atom stereocenters. The van der Waals surface area contributed by atoms with Crippen LogP contribution < -0.4 is 10.5 Å². The van der Waals surface area contributed by atoms with Gasteiger partial charge in [-0.1, -0.05) is 11.2 Å². The molecule has 2 rings (SSSR count). The molecule has 0 spiro atoms. The van der Waals surface area contributed by atoms with Gasteiger partial charge in [-0.25, -0.2) is 4.39 Å². The smallest absolute Gasteiger partial charge is 0.132 e. The third kappa shape index (κ3) is 1.90. The standard InChI is InChI=1S/C11H11FN2O2/c1-15-7-2-3-8(9(12)6-7)11(13)10-4-5-16-14-10/h2-6,11H,13H2,1H3. The van der Waals surface area contributed by atoms with Crippen LogP contribution in [0.4, 0.5) is 4.39 Å². The Hall–Kier alpha value is -1.88. The highest BCUT2D eigenvalue weighted by molar-refractivity contribution is 5.33. The molecule has 1 unspecified atom stereocenters. The van der Waals surface area contributed by atoms with E-state index in [0.29, 0.717) is 17.0 Å². The van der Waals surface area contributed by atoms with Crippen molar-refractivity contribution in [1.82, 2.24) is 5.16 Å². The van der Waals surface area contributed by atoms with Crippen LogP contribution in [0.2, 0.25) is 0 Å². The largest absolute Gasteiger partial charge is 0.497 e. The summed E-state index contributed by atoms with van der Waals surface area (Å²) in [4.78, 5) is 0. The van der Waals surface area contributed by atoms with E-state index in [-0.39, 0.29) is 0 Å². The van der Waals surface area contributed by atoms with Crippen LogP contribution >= 0.6 is 0 Å². The fraction of sp³-hybridized carbons (Fsp3) is 0.182. The summed E-state index contributed by atoms with van der Waals surface area (Å²) in [5.74, 6) is 0.0310. The lowest BCUT2D eigenvalue weighted by molar-refractivity contribution is 0.405. The zero-order chi connectivity index (χ0) is 11.5. The van der Waals surface area contributed by atoms with Gasteiger partial charge in [-0.2, -0.15) is 0 Å². The molecule has 2 aromatic rings. The maximum absolute atomic E-state index is 13.7. The number of hydrogen-bond donors (Lipinski definition) is 1. The predicted molar refractivity (Wildman–Crippen MR) is 55.5 cm³/mol. The fourth-order valence-corrected chi connectivity index (χ4v) is 1.43. The van der Waals surface area contributed by atoms with E-state index in [1.165, 1.54) is 19.4 Å². The van der Waals surface area contributed by atoms with Gasteiger partial charge in [0.05, 0.1) is 13.2 Å². The minimum Gasteiger partial charge on any atom is -0.497 e. The maximum atomic E-state index is 13.7. The Morgan fingerprint density at radius 1 is 1.44 bits per heavy atom. The van der Waals surface area contributed by atoms with E-state index in [9.17, 15) is 4.39 Å². The quantitative estimate of drug-likeness (QED) is 0.861. The minimum atomic E-state index is -0.635. The summed E-state index contributed by atoms with van der Waals surface area (Å²) in [5, 5.41) is 3.68. The predicted octanol–water partition coefficient (Wildman–Crippen LogP) is 1.87. The van der Waals surface area contributed by atoms with E-state index in [1.807, 2.05) is 0 Å². The van der Waals surface area contributed by atoms with Gasteiger partial charge in [0.1, 0.15) is 23.5 Å². The topological polar surface area (TPSA) is 61.3 Å². The first-order valence-electron chi connectivity index (χ1n) is 4.71. The lowest BCUT2D eigenvalue weighted by Crippen LogP contribution is -2.13. The van der Waals surface area contributed by atoms with Gasteiger partial charge in [0.25, 0.3) is 0 Å². The van der Waals surface area contributed by atoms with E-state index < -0.39 is 11.9 Å². The number of halogens is 1. The first-order chi connectivity index (χ1) is 7.72. The first kappa shape index (κ1) is 10.6. The zero-order valence-corrected chi connectivity index (χ0v) is 8.68. The Bertz CT molecular complexity index is 471. The van der Waals surface area contributed by atoms with Crippen LogP contribution in [0.25, 0.3) is 0 Å². The monoisotopic (exact) mass is 222 g/mol. The molecule has 0 saturated carbocycles. The second-order valence-corrected chi connectivity index (χ2v) is 3.29. The number of rotatable bonds is 3. The van der Waals surface area contributed by atoms with Crippen LogP contribution in [0.5, 0.6) is 5.75 Å². The molecule has 0 aliphatic heterocycles. The van der Waals surface area contributed by atoms with E-state index in [2.05, 4.69) is 9.68 Å². The van der Waals surface area contributed by atoms with Crippen molar-refractivity contribution in [2.45, 2.75) is 6.04 Å². The van der Waals surface area contributed by atoms with E-state index in [4.69, 9.17) is 10.5 Å². The summed E-state index contributed by atoms with van der Waals surface area (Å²) in [5.41, 5.74) is 6.70. The fourth-order valence-electron chi connectivity index (χ4n) is 1.43. The molecule has 2 N–H and O–H groups in total. The van der Waals surface area contributed by atoms with Crippen LogP contribution in [-0.2, 0) is 0 Å². The third-order valence-corrected chi connectivity index (χ3v) is 2.32. The van der Waals surface area contributed by atoms with Crippen molar-refractivity contribution >= 4 is 0 Å². The number of benzene rings is 1. The van der Waals surface area contributed by atoms with Crippen molar-refractivity contribution in [3.8, 4) is 5.75 Å². The molecular weight excluding hydrogens is 211 g/mol. The van der Waals surface area contributed by atoms with Crippen LogP contribution in [-0.4, -0.2) is 12.3 Å². The molecule has 0 bridgehead atoms. The Kier molecular flexibility index (Phi) is 2.87. The van der Waals surface area contributed by atoms with Crippen LogP contribution in [0, 0.1) is 5.82 Å². The van der Waals surface area contributed by atoms with Gasteiger partial charge in [-0.15, -0.1) is 0 Å². The van der Waals surface area contributed by atoms with Gasteiger partial charge in [0.15, 0.2) is 0 Å². The summed E-state index contributed by atoms with van der Waals surface area (Å²) in [6.07, 6.45) is 1.40. The third-order valence-electron chi connectivity index (χ3n) is 2.32. The van der Waals surface area contributed by atoms with Crippen LogP contribution in [0.3, 0.4) is 0 Å². The average Bonchev–Trinajstić information content (AvgIpc) is 2.81. The number of nitrogens with two attached hydrogens (primary N) is 1. The summed E-state index contributed by atoms with van der Waals surface area (Å²) >= 11 is 0. The number of methoxy groups -OCH3 is 1. The molecular formula is C11H11FN2O2. The Labute approximate surface area is 91.8 Å². The highest BCUT2D eigenvalue weighted by atomic mass is 19.1. The maximum Gasteiger partial charge on any atom is 0.132 e. The molecule has 1 aromatic carbocycles. The van der Waals surface area contributed by atoms with Crippen LogP contribution in [0.1, 0.15) is 17.3 Å². The molecule has 0 amide bonds. The summed E-state index contributed by atoms with van der Waals surface area (Å²) in [6, 6.07) is 5.49. The van der Waals surface area contributed by atoms with Crippen molar-refractivity contribution in [2.24, 2.45) is 5.73 Å². The van der Waals surface area contributed by atoms with Crippen molar-refractivity contribution < 1.29 is 13.7 Å². The van der Waals surface area contributed by atoms with Gasteiger partial charge in [-0.3, -0.25) is 0 Å². The zero-order valence-electron chi connectivity index (χ0n) is 8.68. The molecule has 84 valence electrons. The second-order valence-electron chi connectivity index (χ2n) is 3.29. The van der Waals surface area contributed by atoms with Gasteiger partial charge in [0.2, 0.25) is 0 Å². The summed E-state index contributed by atoms with van der Waals surface area (Å²) in [6.45, 7) is 0. The van der Waals surface area contributed by atoms with E-state index >= 15 is 0 Å². The lowest BCUT2D eigenvalue weighted by atomic mass is 10.0. The molecule has 0 aliphatic carbocycles. The molecule has 1 heterocycles. The van der Waals surface area contributed by atoms with Gasteiger partial charge in [0, 0.05) is 17.7 Å². The summed E-state index contributed by atoms with van der Waals surface area (Å²) in [7, 11) is 1.48. The van der Waals surface area contributed by atoms with Gasteiger partial charge in [-0.05, 0) is 6.07 Å². The highest BCUT2D eigenvalue weighted by Crippen LogP contribution is 2.24. The normalized spacial score (nSPS) is 12.4. The number of aromatic nitrogens is 1. The average molecular weight is 222 g/mol. The highest BCUT2D eigenvalue weighted by Gasteiger charge is 2.16. The summed E-state index contributed by atoms with van der Waals surface area (Å²) < 4.78 is 23.2. The Morgan fingerprint density at radius 2 is 2.25 bits per heavy atom. The van der Waals surface area contributed by atoms with Crippen molar-refractivity contribution in [1.29, 1.82) is 0 Å². The second kappa shape index (κ2) is 4.32. The molecule has 0 saturated heterocycles. The molecule has 0 fully saturated rings. The van der Waals surface area contributed by atoms with Gasteiger partial charge >= 0.3 is 0 Å². The van der Waals surface area contributed by atoms with Crippen LogP contribution in [0.15, 0.2) is 35.1 Å². The van der Waals surface area contributed by atoms with Crippen molar-refractivity contribution in [3.05, 3.63) is 47.6 Å². The van der Waals surface area contributed by atoms with Crippen molar-refractivity contribution in [2.75, 3.05) is 7.11 Å². The number of hydrogen-bond acceptors (Lipinski definition) is 4. The SMILES string of the molecule is COc1ccc(C(N)c2ccon2)c(F)c1. The molecule has 0 aliphatic rings. The van der Waals surface area contributed by atoms with E-state index in [1.54, 1.807) is 18.2 Å².